The van der Waals surface area contributed by atoms with Crippen LogP contribution < -0.4 is 5.32 Å². The van der Waals surface area contributed by atoms with Gasteiger partial charge in [-0.1, -0.05) is 29.5 Å². The number of amides is 1. The first-order chi connectivity index (χ1) is 11.6. The zero-order chi connectivity index (χ0) is 16.9. The first-order valence-electron chi connectivity index (χ1n) is 8.21. The second kappa shape index (κ2) is 7.83. The SMILES string of the molecule is C[C@H](O)[C@@H]1CCCN(Cc2nnc(C(=O)Nc3ccccc3)s2)C1. The molecule has 24 heavy (non-hydrogen) atoms. The molecule has 0 aliphatic carbocycles. The average molecular weight is 346 g/mol. The van der Waals surface area contributed by atoms with E-state index in [1.165, 1.54) is 11.3 Å². The molecule has 0 spiro atoms. The van der Waals surface area contributed by atoms with Gasteiger partial charge in [0.1, 0.15) is 5.01 Å². The molecule has 0 radical (unpaired) electrons. The quantitative estimate of drug-likeness (QED) is 0.869. The number of likely N-dealkylation sites (tertiary alicyclic amines) is 1. The monoisotopic (exact) mass is 346 g/mol. The smallest absolute Gasteiger partial charge is 0.286 e. The number of benzene rings is 1. The van der Waals surface area contributed by atoms with Crippen molar-refractivity contribution in [1.82, 2.24) is 15.1 Å². The number of rotatable bonds is 5. The summed E-state index contributed by atoms with van der Waals surface area (Å²) in [6.07, 6.45) is 1.86. The molecule has 1 aromatic heterocycles. The van der Waals surface area contributed by atoms with Crippen LogP contribution in [0.4, 0.5) is 5.69 Å². The van der Waals surface area contributed by atoms with Gasteiger partial charge in [0.25, 0.3) is 5.91 Å². The molecule has 0 unspecified atom stereocenters. The number of carbonyl (C=O) groups excluding carboxylic acids is 1. The molecule has 1 saturated heterocycles. The summed E-state index contributed by atoms with van der Waals surface area (Å²) in [4.78, 5) is 14.5. The predicted molar refractivity (Wildman–Crippen MR) is 94.0 cm³/mol. The minimum atomic E-state index is -0.283. The summed E-state index contributed by atoms with van der Waals surface area (Å²) in [5, 5.41) is 22.0. The number of nitrogens with zero attached hydrogens (tertiary/aromatic N) is 3. The summed E-state index contributed by atoms with van der Waals surface area (Å²) in [6, 6.07) is 9.32. The van der Waals surface area contributed by atoms with Crippen molar-refractivity contribution in [2.75, 3.05) is 18.4 Å². The highest BCUT2D eigenvalue weighted by molar-refractivity contribution is 7.13. The fourth-order valence-corrected chi connectivity index (χ4v) is 3.71. The number of piperidine rings is 1. The molecular weight excluding hydrogens is 324 g/mol. The highest BCUT2D eigenvalue weighted by Gasteiger charge is 2.24. The molecule has 2 N–H and O–H groups in total. The molecule has 3 rings (SSSR count). The van der Waals surface area contributed by atoms with Gasteiger partial charge in [0.15, 0.2) is 0 Å². The lowest BCUT2D eigenvalue weighted by molar-refractivity contribution is 0.0598. The fourth-order valence-electron chi connectivity index (χ4n) is 2.94. The summed E-state index contributed by atoms with van der Waals surface area (Å²) in [7, 11) is 0. The van der Waals surface area contributed by atoms with Gasteiger partial charge in [-0.05, 0) is 44.4 Å². The van der Waals surface area contributed by atoms with Gasteiger partial charge in [-0.3, -0.25) is 9.69 Å². The Morgan fingerprint density at radius 1 is 1.42 bits per heavy atom. The minimum Gasteiger partial charge on any atom is -0.393 e. The van der Waals surface area contributed by atoms with E-state index in [0.29, 0.717) is 17.5 Å². The van der Waals surface area contributed by atoms with Gasteiger partial charge >= 0.3 is 0 Å². The van der Waals surface area contributed by atoms with Crippen molar-refractivity contribution in [1.29, 1.82) is 0 Å². The van der Waals surface area contributed by atoms with Crippen molar-refractivity contribution in [3.63, 3.8) is 0 Å². The molecule has 2 atom stereocenters. The number of aliphatic hydroxyl groups excluding tert-OH is 1. The van der Waals surface area contributed by atoms with Crippen LogP contribution in [-0.4, -0.2) is 45.3 Å². The van der Waals surface area contributed by atoms with Gasteiger partial charge in [-0.25, -0.2) is 0 Å². The number of hydrogen-bond donors (Lipinski definition) is 2. The molecule has 2 aromatic rings. The van der Waals surface area contributed by atoms with E-state index in [2.05, 4.69) is 20.4 Å². The van der Waals surface area contributed by atoms with Gasteiger partial charge in [0.2, 0.25) is 5.01 Å². The lowest BCUT2D eigenvalue weighted by Gasteiger charge is -2.33. The maximum atomic E-state index is 12.2. The van der Waals surface area contributed by atoms with Crippen LogP contribution in [0.1, 0.15) is 34.6 Å². The van der Waals surface area contributed by atoms with Gasteiger partial charge in [0, 0.05) is 12.2 Å². The van der Waals surface area contributed by atoms with Crippen LogP contribution >= 0.6 is 11.3 Å². The molecular formula is C17H22N4O2S. The second-order valence-corrected chi connectivity index (χ2v) is 7.26. The number of carbonyl (C=O) groups is 1. The third-order valence-electron chi connectivity index (χ3n) is 4.28. The summed E-state index contributed by atoms with van der Waals surface area (Å²) in [5.74, 6) is 0.0815. The number of anilines is 1. The topological polar surface area (TPSA) is 78.3 Å². The van der Waals surface area contributed by atoms with Crippen molar-refractivity contribution < 1.29 is 9.90 Å². The van der Waals surface area contributed by atoms with Gasteiger partial charge < -0.3 is 10.4 Å². The Morgan fingerprint density at radius 2 is 2.21 bits per heavy atom. The van der Waals surface area contributed by atoms with E-state index in [4.69, 9.17) is 0 Å². The van der Waals surface area contributed by atoms with Crippen LogP contribution in [0.5, 0.6) is 0 Å². The second-order valence-electron chi connectivity index (χ2n) is 6.20. The number of aliphatic hydroxyl groups is 1. The van der Waals surface area contributed by atoms with E-state index < -0.39 is 0 Å². The van der Waals surface area contributed by atoms with Crippen molar-refractivity contribution in [3.8, 4) is 0 Å². The molecule has 2 heterocycles. The van der Waals surface area contributed by atoms with Crippen LogP contribution in [0.3, 0.4) is 0 Å². The van der Waals surface area contributed by atoms with Crippen molar-refractivity contribution in [2.45, 2.75) is 32.4 Å². The van der Waals surface area contributed by atoms with Crippen LogP contribution in [0.25, 0.3) is 0 Å². The zero-order valence-corrected chi connectivity index (χ0v) is 14.5. The van der Waals surface area contributed by atoms with Gasteiger partial charge in [-0.15, -0.1) is 10.2 Å². The lowest BCUT2D eigenvalue weighted by atomic mass is 9.93. The Morgan fingerprint density at radius 3 is 2.96 bits per heavy atom. The first kappa shape index (κ1) is 17.0. The molecule has 6 nitrogen and oxygen atoms in total. The van der Waals surface area contributed by atoms with Gasteiger partial charge in [0.05, 0.1) is 12.6 Å². The van der Waals surface area contributed by atoms with E-state index >= 15 is 0 Å². The lowest BCUT2D eigenvalue weighted by Crippen LogP contribution is -2.38. The standard InChI is InChI=1S/C17H22N4O2S/c1-12(22)13-6-5-9-21(10-13)11-15-19-20-17(24-15)16(23)18-14-7-3-2-4-8-14/h2-4,7-8,12-13,22H,5-6,9-11H2,1H3,(H,18,23)/t12-,13+/m0/s1. The highest BCUT2D eigenvalue weighted by atomic mass is 32.1. The normalized spacial score (nSPS) is 19.8. The zero-order valence-electron chi connectivity index (χ0n) is 13.7. The van der Waals surface area contributed by atoms with Crippen molar-refractivity contribution in [2.24, 2.45) is 5.92 Å². The van der Waals surface area contributed by atoms with Crippen molar-refractivity contribution >= 4 is 22.9 Å². The van der Waals surface area contributed by atoms with E-state index in [-0.39, 0.29) is 12.0 Å². The molecule has 1 amide bonds. The highest BCUT2D eigenvalue weighted by Crippen LogP contribution is 2.22. The molecule has 1 fully saturated rings. The first-order valence-corrected chi connectivity index (χ1v) is 9.02. The predicted octanol–water partition coefficient (Wildman–Crippen LogP) is 2.38. The van der Waals surface area contributed by atoms with Crippen LogP contribution in [0, 0.1) is 5.92 Å². The van der Waals surface area contributed by atoms with Crippen molar-refractivity contribution in [3.05, 3.63) is 40.3 Å². The fraction of sp³-hybridized carbons (Fsp3) is 0.471. The van der Waals surface area contributed by atoms with E-state index in [0.717, 1.165) is 36.6 Å². The summed E-state index contributed by atoms with van der Waals surface area (Å²) >= 11 is 1.33. The van der Waals surface area contributed by atoms with E-state index in [1.54, 1.807) is 0 Å². The number of nitrogens with one attached hydrogen (secondary N) is 1. The molecule has 0 bridgehead atoms. The van der Waals surface area contributed by atoms with Crippen LogP contribution in [0.2, 0.25) is 0 Å². The van der Waals surface area contributed by atoms with Crippen LogP contribution in [0.15, 0.2) is 30.3 Å². The Balaban J connectivity index is 1.58. The van der Waals surface area contributed by atoms with E-state index in [9.17, 15) is 9.90 Å². The minimum absolute atomic E-state index is 0.231. The third kappa shape index (κ3) is 4.37. The Hall–Kier alpha value is -1.83. The maximum Gasteiger partial charge on any atom is 0.286 e. The maximum absolute atomic E-state index is 12.2. The molecule has 1 aromatic carbocycles. The Kier molecular flexibility index (Phi) is 5.55. The Bertz CT molecular complexity index is 674. The molecule has 0 saturated carbocycles. The number of hydrogen-bond acceptors (Lipinski definition) is 6. The summed E-state index contributed by atoms with van der Waals surface area (Å²) in [6.45, 7) is 4.39. The largest absolute Gasteiger partial charge is 0.393 e. The Labute approximate surface area is 145 Å². The molecule has 7 heteroatoms. The number of para-hydroxylation sites is 1. The molecule has 1 aliphatic heterocycles. The average Bonchev–Trinajstić information content (AvgIpc) is 3.04. The van der Waals surface area contributed by atoms with Crippen LogP contribution in [-0.2, 0) is 6.54 Å². The summed E-state index contributed by atoms with van der Waals surface area (Å²) < 4.78 is 0. The summed E-state index contributed by atoms with van der Waals surface area (Å²) in [5.41, 5.74) is 0.745. The molecule has 128 valence electrons. The molecule has 1 aliphatic rings. The number of aromatic nitrogens is 2. The van der Waals surface area contributed by atoms with E-state index in [1.807, 2.05) is 37.3 Å². The third-order valence-corrected chi connectivity index (χ3v) is 5.18. The van der Waals surface area contributed by atoms with Gasteiger partial charge in [-0.2, -0.15) is 0 Å².